The van der Waals surface area contributed by atoms with E-state index in [1.165, 1.54) is 29.7 Å². The van der Waals surface area contributed by atoms with Crippen LogP contribution in [0.2, 0.25) is 0 Å². The maximum absolute atomic E-state index is 3.38. The molecular weight excluding hydrogens is 214 g/mol. The van der Waals surface area contributed by atoms with Crippen LogP contribution < -0.4 is 5.32 Å². The second-order valence-corrected chi connectivity index (χ2v) is 5.31. The van der Waals surface area contributed by atoms with E-state index in [0.717, 1.165) is 5.75 Å². The van der Waals surface area contributed by atoms with E-state index in [9.17, 15) is 0 Å². The zero-order valence-electron chi connectivity index (χ0n) is 10.6. The standard InChI is InChI=1S/C14H23NS/c1-4-6-12-7-9-13(10-8-12)14(15-3)11-16-5-2/h7-10,14-15H,4-6,11H2,1-3H3. The van der Waals surface area contributed by atoms with Gasteiger partial charge in [0.15, 0.2) is 0 Å². The molecule has 0 aliphatic carbocycles. The Morgan fingerprint density at radius 2 is 1.88 bits per heavy atom. The Balaban J connectivity index is 2.62. The Kier molecular flexibility index (Phi) is 6.58. The van der Waals surface area contributed by atoms with Crippen molar-refractivity contribution in [3.05, 3.63) is 35.4 Å². The summed E-state index contributed by atoms with van der Waals surface area (Å²) in [5.74, 6) is 2.34. The summed E-state index contributed by atoms with van der Waals surface area (Å²) in [6.45, 7) is 4.43. The minimum Gasteiger partial charge on any atom is -0.312 e. The van der Waals surface area contributed by atoms with Crippen LogP contribution >= 0.6 is 11.8 Å². The molecule has 0 aromatic heterocycles. The second kappa shape index (κ2) is 7.75. The normalized spacial score (nSPS) is 12.7. The lowest BCUT2D eigenvalue weighted by Crippen LogP contribution is -2.18. The third-order valence-corrected chi connectivity index (χ3v) is 3.74. The predicted molar refractivity (Wildman–Crippen MR) is 75.2 cm³/mol. The molecule has 1 unspecified atom stereocenters. The average Bonchev–Trinajstić information content (AvgIpc) is 2.32. The largest absolute Gasteiger partial charge is 0.312 e. The van der Waals surface area contributed by atoms with Crippen molar-refractivity contribution in [3.8, 4) is 0 Å². The van der Waals surface area contributed by atoms with Gasteiger partial charge in [-0.15, -0.1) is 0 Å². The molecular formula is C14H23NS. The number of nitrogens with one attached hydrogen (secondary N) is 1. The molecule has 0 radical (unpaired) electrons. The van der Waals surface area contributed by atoms with Gasteiger partial charge in [-0.25, -0.2) is 0 Å². The summed E-state index contributed by atoms with van der Waals surface area (Å²) < 4.78 is 0. The van der Waals surface area contributed by atoms with Crippen LogP contribution in [-0.2, 0) is 6.42 Å². The summed E-state index contributed by atoms with van der Waals surface area (Å²) in [6, 6.07) is 9.55. The first-order chi connectivity index (χ1) is 7.81. The Labute approximate surface area is 104 Å². The molecule has 1 rings (SSSR count). The number of thioether (sulfide) groups is 1. The number of aryl methyl sites for hydroxylation is 1. The predicted octanol–water partition coefficient (Wildman–Crippen LogP) is 3.65. The fourth-order valence-corrected chi connectivity index (χ4v) is 2.62. The fraction of sp³-hybridized carbons (Fsp3) is 0.571. The van der Waals surface area contributed by atoms with Gasteiger partial charge >= 0.3 is 0 Å². The van der Waals surface area contributed by atoms with Crippen molar-refractivity contribution < 1.29 is 0 Å². The molecule has 0 spiro atoms. The molecule has 0 saturated heterocycles. The van der Waals surface area contributed by atoms with Crippen molar-refractivity contribution in [2.45, 2.75) is 32.7 Å². The quantitative estimate of drug-likeness (QED) is 0.777. The highest BCUT2D eigenvalue weighted by molar-refractivity contribution is 7.99. The van der Waals surface area contributed by atoms with E-state index in [2.05, 4.69) is 43.4 Å². The molecule has 0 saturated carbocycles. The Morgan fingerprint density at radius 1 is 1.19 bits per heavy atom. The van der Waals surface area contributed by atoms with Crippen LogP contribution in [0.1, 0.15) is 37.4 Å². The Morgan fingerprint density at radius 3 is 2.38 bits per heavy atom. The van der Waals surface area contributed by atoms with E-state index in [4.69, 9.17) is 0 Å². The third-order valence-electron chi connectivity index (χ3n) is 2.76. The highest BCUT2D eigenvalue weighted by atomic mass is 32.2. The summed E-state index contributed by atoms with van der Waals surface area (Å²) in [4.78, 5) is 0. The van der Waals surface area contributed by atoms with Gasteiger partial charge < -0.3 is 5.32 Å². The fourth-order valence-electron chi connectivity index (χ4n) is 1.79. The monoisotopic (exact) mass is 237 g/mol. The van der Waals surface area contributed by atoms with Gasteiger partial charge in [0.25, 0.3) is 0 Å². The highest BCUT2D eigenvalue weighted by Gasteiger charge is 2.08. The maximum Gasteiger partial charge on any atom is 0.0409 e. The van der Waals surface area contributed by atoms with Gasteiger partial charge in [-0.2, -0.15) is 11.8 Å². The minimum atomic E-state index is 0.487. The molecule has 0 aliphatic rings. The highest BCUT2D eigenvalue weighted by Crippen LogP contribution is 2.18. The third kappa shape index (κ3) is 4.18. The molecule has 0 fully saturated rings. The van der Waals surface area contributed by atoms with Gasteiger partial charge in [0, 0.05) is 11.8 Å². The van der Waals surface area contributed by atoms with Gasteiger partial charge in [-0.1, -0.05) is 44.5 Å². The van der Waals surface area contributed by atoms with Crippen molar-refractivity contribution in [3.63, 3.8) is 0 Å². The lowest BCUT2D eigenvalue weighted by atomic mass is 10.0. The molecule has 1 N–H and O–H groups in total. The first kappa shape index (κ1) is 13.6. The van der Waals surface area contributed by atoms with E-state index < -0.39 is 0 Å². The summed E-state index contributed by atoms with van der Waals surface area (Å²) >= 11 is 1.99. The van der Waals surface area contributed by atoms with Gasteiger partial charge in [-0.05, 0) is 30.3 Å². The van der Waals surface area contributed by atoms with Gasteiger partial charge in [-0.3, -0.25) is 0 Å². The lowest BCUT2D eigenvalue weighted by Gasteiger charge is -2.16. The van der Waals surface area contributed by atoms with Crippen LogP contribution in [0.25, 0.3) is 0 Å². The molecule has 16 heavy (non-hydrogen) atoms. The first-order valence-corrected chi connectivity index (χ1v) is 7.31. The zero-order chi connectivity index (χ0) is 11.8. The van der Waals surface area contributed by atoms with Crippen LogP contribution in [0, 0.1) is 0 Å². The zero-order valence-corrected chi connectivity index (χ0v) is 11.4. The maximum atomic E-state index is 3.38. The van der Waals surface area contributed by atoms with E-state index in [-0.39, 0.29) is 0 Å². The summed E-state index contributed by atoms with van der Waals surface area (Å²) in [5.41, 5.74) is 2.85. The molecule has 1 aromatic carbocycles. The lowest BCUT2D eigenvalue weighted by molar-refractivity contribution is 0.661. The number of rotatable bonds is 7. The van der Waals surface area contributed by atoms with Crippen LogP contribution in [-0.4, -0.2) is 18.6 Å². The Bertz CT molecular complexity index is 281. The van der Waals surface area contributed by atoms with Crippen molar-refractivity contribution in [1.82, 2.24) is 5.32 Å². The number of hydrogen-bond donors (Lipinski definition) is 1. The number of benzene rings is 1. The van der Waals surface area contributed by atoms with Gasteiger partial charge in [0.2, 0.25) is 0 Å². The second-order valence-electron chi connectivity index (χ2n) is 3.99. The minimum absolute atomic E-state index is 0.487. The van der Waals surface area contributed by atoms with Gasteiger partial charge in [0.05, 0.1) is 0 Å². The van der Waals surface area contributed by atoms with Crippen molar-refractivity contribution in [1.29, 1.82) is 0 Å². The molecule has 2 heteroatoms. The summed E-state index contributed by atoms with van der Waals surface area (Å²) in [7, 11) is 2.04. The SMILES string of the molecule is CCCc1ccc(C(CSCC)NC)cc1. The molecule has 0 bridgehead atoms. The summed E-state index contributed by atoms with van der Waals surface area (Å²) in [6.07, 6.45) is 2.41. The molecule has 1 aromatic rings. The molecule has 1 atom stereocenters. The molecule has 0 heterocycles. The van der Waals surface area contributed by atoms with E-state index in [1.807, 2.05) is 18.8 Å². The molecule has 90 valence electrons. The smallest absolute Gasteiger partial charge is 0.0409 e. The Hall–Kier alpha value is -0.470. The van der Waals surface area contributed by atoms with Crippen molar-refractivity contribution in [2.24, 2.45) is 0 Å². The molecule has 0 amide bonds. The van der Waals surface area contributed by atoms with Crippen LogP contribution in [0.3, 0.4) is 0 Å². The average molecular weight is 237 g/mol. The van der Waals surface area contributed by atoms with Crippen molar-refractivity contribution in [2.75, 3.05) is 18.6 Å². The van der Waals surface area contributed by atoms with Crippen LogP contribution in [0.15, 0.2) is 24.3 Å². The van der Waals surface area contributed by atoms with E-state index >= 15 is 0 Å². The van der Waals surface area contributed by atoms with Crippen LogP contribution in [0.4, 0.5) is 0 Å². The number of hydrogen-bond acceptors (Lipinski definition) is 2. The topological polar surface area (TPSA) is 12.0 Å². The summed E-state index contributed by atoms with van der Waals surface area (Å²) in [5, 5.41) is 3.38. The van der Waals surface area contributed by atoms with E-state index in [0.29, 0.717) is 6.04 Å². The molecule has 1 nitrogen and oxygen atoms in total. The van der Waals surface area contributed by atoms with Crippen LogP contribution in [0.5, 0.6) is 0 Å². The first-order valence-electron chi connectivity index (χ1n) is 6.15. The van der Waals surface area contributed by atoms with Gasteiger partial charge in [0.1, 0.15) is 0 Å². The van der Waals surface area contributed by atoms with Crippen molar-refractivity contribution >= 4 is 11.8 Å². The van der Waals surface area contributed by atoms with E-state index in [1.54, 1.807) is 0 Å². The molecule has 0 aliphatic heterocycles.